The second kappa shape index (κ2) is 9.46. The molecule has 202 valence electrons. The maximum Gasteiger partial charge on any atom is 0.418 e. The molecular weight excluding hydrogens is 516 g/mol. The average Bonchev–Trinajstić information content (AvgIpc) is 3.21. The lowest BCUT2D eigenvalue weighted by Gasteiger charge is -2.38. The number of nitrogens with zero attached hydrogens (tertiary/aromatic N) is 4. The summed E-state index contributed by atoms with van der Waals surface area (Å²) in [7, 11) is 0. The van der Waals surface area contributed by atoms with Crippen molar-refractivity contribution in [2.45, 2.75) is 44.4 Å². The summed E-state index contributed by atoms with van der Waals surface area (Å²) in [5, 5.41) is 27.6. The van der Waals surface area contributed by atoms with E-state index in [1.165, 1.54) is 27.0 Å². The van der Waals surface area contributed by atoms with Crippen LogP contribution in [0.2, 0.25) is 0 Å². The van der Waals surface area contributed by atoms with Gasteiger partial charge in [-0.25, -0.2) is 27.8 Å². The van der Waals surface area contributed by atoms with E-state index in [-0.39, 0.29) is 33.9 Å². The van der Waals surface area contributed by atoms with Gasteiger partial charge in [0.25, 0.3) is 0 Å². The van der Waals surface area contributed by atoms with E-state index in [9.17, 15) is 36.6 Å². The second-order valence-corrected chi connectivity index (χ2v) is 9.61. The van der Waals surface area contributed by atoms with Crippen molar-refractivity contribution in [2.75, 3.05) is 11.9 Å². The number of anilines is 1. The van der Waals surface area contributed by atoms with Crippen LogP contribution in [0.25, 0.3) is 16.7 Å². The Bertz CT molecular complexity index is 1500. The predicted molar refractivity (Wildman–Crippen MR) is 127 cm³/mol. The fourth-order valence-electron chi connectivity index (χ4n) is 4.35. The van der Waals surface area contributed by atoms with Gasteiger partial charge in [-0.2, -0.15) is 18.3 Å². The third kappa shape index (κ3) is 5.10. The monoisotopic (exact) mass is 539 g/mol. The van der Waals surface area contributed by atoms with Crippen molar-refractivity contribution in [2.24, 2.45) is 0 Å². The molecule has 13 heteroatoms. The minimum Gasteiger partial charge on any atom is -0.508 e. The molecule has 0 spiro atoms. The van der Waals surface area contributed by atoms with Crippen molar-refractivity contribution >= 4 is 16.9 Å². The molecule has 0 bridgehead atoms. The number of rotatable bonds is 7. The molecule has 4 aromatic rings. The number of nitrogens with one attached hydrogen (secondary N) is 1. The highest BCUT2D eigenvalue weighted by Gasteiger charge is 2.56. The summed E-state index contributed by atoms with van der Waals surface area (Å²) in [6.45, 7) is 3.06. The molecule has 4 rings (SSSR count). The van der Waals surface area contributed by atoms with Gasteiger partial charge in [-0.1, -0.05) is 13.8 Å². The molecule has 1 unspecified atom stereocenters. The molecule has 2 aromatic heterocycles. The van der Waals surface area contributed by atoms with E-state index in [1.807, 2.05) is 0 Å². The summed E-state index contributed by atoms with van der Waals surface area (Å²) in [6, 6.07) is 5.71. The Morgan fingerprint density at radius 1 is 0.974 bits per heavy atom. The first-order valence-electron chi connectivity index (χ1n) is 11.3. The number of aromatic nitrogens is 4. The molecule has 2 aromatic carbocycles. The van der Waals surface area contributed by atoms with Gasteiger partial charge in [-0.15, -0.1) is 0 Å². The zero-order chi connectivity index (χ0) is 28.0. The largest absolute Gasteiger partial charge is 0.508 e. The van der Waals surface area contributed by atoms with Gasteiger partial charge in [0.1, 0.15) is 34.7 Å². The highest BCUT2D eigenvalue weighted by molar-refractivity contribution is 5.87. The molecule has 0 radical (unpaired) electrons. The number of aromatic hydroxyl groups is 1. The first kappa shape index (κ1) is 27.2. The van der Waals surface area contributed by atoms with Gasteiger partial charge in [-0.05, 0) is 49.1 Å². The van der Waals surface area contributed by atoms with Crippen LogP contribution in [-0.4, -0.2) is 48.3 Å². The Kier molecular flexibility index (Phi) is 6.76. The molecule has 0 aliphatic rings. The fraction of sp³-hybridized carbons (Fsp3) is 0.320. The Balaban J connectivity index is 1.69. The standard InChI is InChI=1S/C25H23F6N5O2/c1-13-34-21(16-10-33-36(22(16)35-13)19-6-4-15(27)9-18(19)28)32-12-24(38,25(29,30)31)11-23(2,3)17-8-14(26)5-7-20(17)37/h4-10,37-38H,11-12H2,1-3H3,(H,32,34,35). The lowest BCUT2D eigenvalue weighted by molar-refractivity contribution is -0.260. The number of hydrogen-bond donors (Lipinski definition) is 3. The van der Waals surface area contributed by atoms with Crippen LogP contribution < -0.4 is 5.32 Å². The summed E-state index contributed by atoms with van der Waals surface area (Å²) < 4.78 is 85.1. The van der Waals surface area contributed by atoms with Crippen LogP contribution in [0.1, 0.15) is 31.7 Å². The summed E-state index contributed by atoms with van der Waals surface area (Å²) >= 11 is 0. The van der Waals surface area contributed by atoms with E-state index in [1.54, 1.807) is 0 Å². The topological polar surface area (TPSA) is 96.1 Å². The Morgan fingerprint density at radius 2 is 1.63 bits per heavy atom. The third-order valence-corrected chi connectivity index (χ3v) is 6.18. The maximum atomic E-state index is 14.4. The number of fused-ring (bicyclic) bond motifs is 1. The first-order valence-corrected chi connectivity index (χ1v) is 11.3. The van der Waals surface area contributed by atoms with Crippen LogP contribution in [-0.2, 0) is 5.41 Å². The SMILES string of the molecule is Cc1nc(NCC(O)(CC(C)(C)c2cc(F)ccc2O)C(F)(F)F)c2cnn(-c3ccc(F)cc3F)c2n1. The zero-order valence-corrected chi connectivity index (χ0v) is 20.4. The normalized spacial score (nSPS) is 14.1. The molecule has 2 heterocycles. The van der Waals surface area contributed by atoms with Crippen LogP contribution in [0, 0.1) is 24.4 Å². The smallest absolute Gasteiger partial charge is 0.418 e. The van der Waals surface area contributed by atoms with Crippen molar-refractivity contribution in [3.63, 3.8) is 0 Å². The van der Waals surface area contributed by atoms with Crippen LogP contribution in [0.3, 0.4) is 0 Å². The number of phenols is 1. The third-order valence-electron chi connectivity index (χ3n) is 6.18. The van der Waals surface area contributed by atoms with E-state index >= 15 is 0 Å². The van der Waals surface area contributed by atoms with Gasteiger partial charge in [-0.3, -0.25) is 0 Å². The highest BCUT2D eigenvalue weighted by Crippen LogP contribution is 2.43. The van der Waals surface area contributed by atoms with Crippen molar-refractivity contribution in [3.05, 3.63) is 71.4 Å². The van der Waals surface area contributed by atoms with Crippen molar-refractivity contribution in [1.29, 1.82) is 0 Å². The van der Waals surface area contributed by atoms with Crippen LogP contribution >= 0.6 is 0 Å². The molecular formula is C25H23F6N5O2. The zero-order valence-electron chi connectivity index (χ0n) is 20.4. The minimum absolute atomic E-state index is 0.0334. The van der Waals surface area contributed by atoms with Gasteiger partial charge >= 0.3 is 6.18 Å². The van der Waals surface area contributed by atoms with Gasteiger partial charge in [0, 0.05) is 11.6 Å². The van der Waals surface area contributed by atoms with E-state index in [0.29, 0.717) is 6.07 Å². The lowest BCUT2D eigenvalue weighted by atomic mass is 9.74. The highest BCUT2D eigenvalue weighted by atomic mass is 19.4. The lowest BCUT2D eigenvalue weighted by Crippen LogP contribution is -2.53. The van der Waals surface area contributed by atoms with Gasteiger partial charge in [0.05, 0.1) is 18.1 Å². The van der Waals surface area contributed by atoms with E-state index < -0.39 is 53.4 Å². The van der Waals surface area contributed by atoms with Crippen LogP contribution in [0.4, 0.5) is 32.2 Å². The molecule has 7 nitrogen and oxygen atoms in total. The van der Waals surface area contributed by atoms with Crippen LogP contribution in [0.15, 0.2) is 42.6 Å². The quantitative estimate of drug-likeness (QED) is 0.275. The minimum atomic E-state index is -5.14. The molecule has 0 aliphatic carbocycles. The summed E-state index contributed by atoms with van der Waals surface area (Å²) in [6.07, 6.45) is -4.88. The molecule has 0 amide bonds. The Labute approximate surface area is 212 Å². The van der Waals surface area contributed by atoms with E-state index in [4.69, 9.17) is 0 Å². The summed E-state index contributed by atoms with van der Waals surface area (Å²) in [5.41, 5.74) is -5.08. The summed E-state index contributed by atoms with van der Waals surface area (Å²) in [4.78, 5) is 8.30. The number of aryl methyl sites for hydroxylation is 1. The van der Waals surface area contributed by atoms with Crippen molar-refractivity contribution in [3.8, 4) is 11.4 Å². The van der Waals surface area contributed by atoms with Crippen molar-refractivity contribution in [1.82, 2.24) is 19.7 Å². The molecule has 0 saturated heterocycles. The van der Waals surface area contributed by atoms with Gasteiger partial charge < -0.3 is 15.5 Å². The molecule has 0 saturated carbocycles. The molecule has 0 fully saturated rings. The predicted octanol–water partition coefficient (Wildman–Crippen LogP) is 5.32. The molecule has 1 atom stereocenters. The number of phenolic OH excluding ortho intramolecular Hbond substituents is 1. The number of benzene rings is 2. The number of halogens is 6. The Hall–Kier alpha value is -3.87. The van der Waals surface area contributed by atoms with E-state index in [2.05, 4.69) is 20.4 Å². The average molecular weight is 539 g/mol. The number of aliphatic hydroxyl groups is 1. The number of alkyl halides is 3. The van der Waals surface area contributed by atoms with Crippen molar-refractivity contribution < 1.29 is 36.6 Å². The Morgan fingerprint density at radius 3 is 2.29 bits per heavy atom. The molecule has 0 aliphatic heterocycles. The molecule has 3 N–H and O–H groups in total. The second-order valence-electron chi connectivity index (χ2n) is 9.61. The maximum absolute atomic E-state index is 14.4. The van der Waals surface area contributed by atoms with E-state index in [0.717, 1.165) is 35.0 Å². The summed E-state index contributed by atoms with van der Waals surface area (Å²) in [5.74, 6) is -2.93. The molecule has 38 heavy (non-hydrogen) atoms. The van der Waals surface area contributed by atoms with Gasteiger partial charge in [0.15, 0.2) is 17.1 Å². The van der Waals surface area contributed by atoms with Gasteiger partial charge in [0.2, 0.25) is 0 Å². The first-order chi connectivity index (χ1) is 17.6. The number of hydrogen-bond acceptors (Lipinski definition) is 6. The van der Waals surface area contributed by atoms with Crippen LogP contribution in [0.5, 0.6) is 5.75 Å². The fourth-order valence-corrected chi connectivity index (χ4v) is 4.35.